The average molecular weight is 523 g/mol. The molecule has 0 saturated carbocycles. The lowest BCUT2D eigenvalue weighted by atomic mass is 9.77. The molecule has 36 heavy (non-hydrogen) atoms. The summed E-state index contributed by atoms with van der Waals surface area (Å²) < 4.78 is 105. The number of anilines is 1. The van der Waals surface area contributed by atoms with Crippen LogP contribution in [0.1, 0.15) is 35.8 Å². The quantitative estimate of drug-likeness (QED) is 0.548. The van der Waals surface area contributed by atoms with Crippen LogP contribution >= 0.6 is 0 Å². The van der Waals surface area contributed by atoms with Gasteiger partial charge in [-0.3, -0.25) is 14.6 Å². The third kappa shape index (κ3) is 4.94. The molecule has 7 nitrogen and oxygen atoms in total. The van der Waals surface area contributed by atoms with Crippen molar-refractivity contribution in [2.75, 3.05) is 12.4 Å². The Labute approximate surface area is 200 Å². The number of nitrogens with zero attached hydrogens (tertiary/aromatic N) is 1. The smallest absolute Gasteiger partial charge is 0.417 e. The van der Waals surface area contributed by atoms with Crippen molar-refractivity contribution in [3.8, 4) is 5.75 Å². The molecule has 1 aliphatic rings. The van der Waals surface area contributed by atoms with Crippen LogP contribution in [0, 0.1) is 17.6 Å². The Morgan fingerprint density at radius 1 is 1.19 bits per heavy atom. The Hall–Kier alpha value is -3.42. The van der Waals surface area contributed by atoms with Crippen molar-refractivity contribution in [3.05, 3.63) is 53.4 Å². The van der Waals surface area contributed by atoms with Gasteiger partial charge in [0.15, 0.2) is 17.2 Å². The van der Waals surface area contributed by atoms with Gasteiger partial charge in [-0.1, -0.05) is 13.0 Å². The van der Waals surface area contributed by atoms with Crippen LogP contribution in [0.5, 0.6) is 5.75 Å². The molecule has 2 N–H and O–H groups in total. The van der Waals surface area contributed by atoms with E-state index in [0.29, 0.717) is 13.0 Å². The fourth-order valence-corrected chi connectivity index (χ4v) is 4.02. The number of ether oxygens (including phenoxy) is 2. The van der Waals surface area contributed by atoms with Crippen LogP contribution in [0.4, 0.5) is 36.4 Å². The summed E-state index contributed by atoms with van der Waals surface area (Å²) in [6, 6.07) is 3.66. The van der Waals surface area contributed by atoms with Gasteiger partial charge < -0.3 is 20.1 Å². The minimum absolute atomic E-state index is 0.0430. The summed E-state index contributed by atoms with van der Waals surface area (Å²) >= 11 is 0. The van der Waals surface area contributed by atoms with E-state index in [4.69, 9.17) is 4.74 Å². The Morgan fingerprint density at radius 3 is 2.44 bits per heavy atom. The highest BCUT2D eigenvalue weighted by atomic mass is 19.4. The molecule has 1 aliphatic heterocycles. The Morgan fingerprint density at radius 2 is 1.86 bits per heavy atom. The number of alkyl halides is 5. The fraction of sp³-hybridized carbons (Fsp3) is 0.409. The summed E-state index contributed by atoms with van der Waals surface area (Å²) in [7, 11) is 1.33. The van der Waals surface area contributed by atoms with Crippen LogP contribution in [0.15, 0.2) is 30.5 Å². The van der Waals surface area contributed by atoms with Crippen molar-refractivity contribution in [2.24, 2.45) is 5.92 Å². The van der Waals surface area contributed by atoms with E-state index >= 15 is 0 Å². The average Bonchev–Trinajstić information content (AvgIpc) is 3.08. The van der Waals surface area contributed by atoms with E-state index in [-0.39, 0.29) is 11.4 Å². The lowest BCUT2D eigenvalue weighted by molar-refractivity contribution is -0.272. The van der Waals surface area contributed by atoms with Gasteiger partial charge in [-0.05, 0) is 25.1 Å². The normalized spacial score (nSPS) is 24.0. The number of pyridine rings is 1. The molecule has 2 aromatic rings. The lowest BCUT2D eigenvalue weighted by Crippen LogP contribution is -2.47. The molecular formula is C22H20F7N3O4. The fourth-order valence-electron chi connectivity index (χ4n) is 4.02. The van der Waals surface area contributed by atoms with Crippen molar-refractivity contribution in [1.82, 2.24) is 10.3 Å². The highest BCUT2D eigenvalue weighted by molar-refractivity contribution is 5.97. The molecule has 14 heteroatoms. The van der Waals surface area contributed by atoms with Crippen molar-refractivity contribution < 1.29 is 49.8 Å². The molecule has 0 radical (unpaired) electrons. The van der Waals surface area contributed by atoms with E-state index in [1.165, 1.54) is 13.1 Å². The molecule has 2 amide bonds. The molecule has 1 fully saturated rings. The first-order valence-electron chi connectivity index (χ1n) is 10.4. The van der Waals surface area contributed by atoms with Gasteiger partial charge in [0, 0.05) is 36.3 Å². The lowest BCUT2D eigenvalue weighted by Gasteiger charge is -2.32. The zero-order chi connectivity index (χ0) is 27.0. The third-order valence-corrected chi connectivity index (χ3v) is 6.06. The van der Waals surface area contributed by atoms with Crippen LogP contribution in [0.3, 0.4) is 0 Å². The molecule has 4 atom stereocenters. The molecule has 1 aromatic heterocycles. The van der Waals surface area contributed by atoms with Crippen LogP contribution in [0.2, 0.25) is 0 Å². The maximum atomic E-state index is 14.4. The van der Waals surface area contributed by atoms with E-state index in [9.17, 15) is 40.3 Å². The zero-order valence-corrected chi connectivity index (χ0v) is 18.9. The van der Waals surface area contributed by atoms with Gasteiger partial charge >= 0.3 is 12.8 Å². The van der Waals surface area contributed by atoms with Gasteiger partial charge in [0.2, 0.25) is 5.82 Å². The predicted octanol–water partition coefficient (Wildman–Crippen LogP) is 4.40. The van der Waals surface area contributed by atoms with Crippen molar-refractivity contribution in [3.63, 3.8) is 0 Å². The molecular weight excluding hydrogens is 503 g/mol. The molecule has 1 aromatic carbocycles. The highest BCUT2D eigenvalue weighted by Gasteiger charge is 2.66. The number of hydrogen-bond acceptors (Lipinski definition) is 5. The summed E-state index contributed by atoms with van der Waals surface area (Å²) in [6.45, 7) is -1.95. The number of amides is 2. The Kier molecular flexibility index (Phi) is 7.48. The van der Waals surface area contributed by atoms with E-state index in [1.807, 2.05) is 0 Å². The molecule has 2 heterocycles. The van der Waals surface area contributed by atoms with E-state index in [0.717, 1.165) is 25.3 Å². The molecule has 1 saturated heterocycles. The number of carbonyl (C=O) groups is 2. The third-order valence-electron chi connectivity index (χ3n) is 6.06. The summed E-state index contributed by atoms with van der Waals surface area (Å²) in [5.41, 5.74) is -3.76. The van der Waals surface area contributed by atoms with Gasteiger partial charge in [0.05, 0.1) is 0 Å². The van der Waals surface area contributed by atoms with Gasteiger partial charge in [-0.25, -0.2) is 4.39 Å². The molecule has 0 aliphatic carbocycles. The van der Waals surface area contributed by atoms with Gasteiger partial charge in [0.1, 0.15) is 11.8 Å². The first kappa shape index (κ1) is 27.2. The second-order valence-corrected chi connectivity index (χ2v) is 8.11. The first-order chi connectivity index (χ1) is 16.7. The van der Waals surface area contributed by atoms with E-state index in [1.54, 1.807) is 0 Å². The second-order valence-electron chi connectivity index (χ2n) is 8.11. The molecule has 0 spiro atoms. The van der Waals surface area contributed by atoms with Gasteiger partial charge in [-0.2, -0.15) is 26.3 Å². The van der Waals surface area contributed by atoms with Crippen LogP contribution in [-0.4, -0.2) is 48.3 Å². The topological polar surface area (TPSA) is 89.6 Å². The van der Waals surface area contributed by atoms with Gasteiger partial charge in [-0.15, -0.1) is 0 Å². The molecule has 0 bridgehead atoms. The highest BCUT2D eigenvalue weighted by Crippen LogP contribution is 2.55. The Balaban J connectivity index is 2.09. The van der Waals surface area contributed by atoms with Crippen molar-refractivity contribution in [1.29, 1.82) is 0 Å². The number of halogens is 7. The minimum atomic E-state index is -5.04. The summed E-state index contributed by atoms with van der Waals surface area (Å²) in [4.78, 5) is 28.7. The molecule has 196 valence electrons. The molecule has 0 unspecified atom stereocenters. The number of carbonyl (C=O) groups excluding carboxylic acids is 2. The Bertz CT molecular complexity index is 1160. The number of benzene rings is 1. The largest absolute Gasteiger partial charge is 0.431 e. The number of rotatable bonds is 6. The number of aromatic nitrogens is 1. The van der Waals surface area contributed by atoms with Crippen LogP contribution < -0.4 is 15.4 Å². The van der Waals surface area contributed by atoms with Crippen molar-refractivity contribution in [2.45, 2.75) is 44.3 Å². The second kappa shape index (κ2) is 9.91. The van der Waals surface area contributed by atoms with Crippen LogP contribution in [-0.2, 0) is 9.53 Å². The van der Waals surface area contributed by atoms with Crippen molar-refractivity contribution >= 4 is 17.5 Å². The first-order valence-corrected chi connectivity index (χ1v) is 10.4. The summed E-state index contributed by atoms with van der Waals surface area (Å²) in [5.74, 6) is -9.89. The number of nitrogens with one attached hydrogen (secondary N) is 2. The van der Waals surface area contributed by atoms with Gasteiger partial charge in [0.25, 0.3) is 11.8 Å². The van der Waals surface area contributed by atoms with Crippen LogP contribution in [0.25, 0.3) is 0 Å². The maximum Gasteiger partial charge on any atom is 0.417 e. The van der Waals surface area contributed by atoms with E-state index in [2.05, 4.69) is 20.4 Å². The number of hydrogen-bond donors (Lipinski definition) is 2. The SMILES string of the molecule is CNC(=O)c1cc(NC(=O)[C@@H]2O[C@](C)(C(F)(F)F)[C@H](C)[C@@H]2c2ccc(F)c(F)c2OC(F)F)ccn1. The summed E-state index contributed by atoms with van der Waals surface area (Å²) in [5, 5.41) is 4.60. The zero-order valence-electron chi connectivity index (χ0n) is 18.9. The maximum absolute atomic E-state index is 14.4. The standard InChI is InChI=1S/C22H20F7N3O4/c1-9-14(11-4-5-12(23)15(24)16(11)35-20(25)26)17(36-21(9,2)22(27,28)29)19(34)32-10-6-7-31-13(8-10)18(33)30-3/h4-9,14,17,20H,1-3H3,(H,30,33)(H,31,32,34)/t9-,14-,17-,21+/m1/s1. The van der Waals surface area contributed by atoms with E-state index < -0.39 is 71.1 Å². The molecule has 3 rings (SSSR count). The predicted molar refractivity (Wildman–Crippen MR) is 110 cm³/mol. The summed E-state index contributed by atoms with van der Waals surface area (Å²) in [6.07, 6.45) is -5.89. The minimum Gasteiger partial charge on any atom is -0.431 e. The monoisotopic (exact) mass is 523 g/mol.